The highest BCUT2D eigenvalue weighted by molar-refractivity contribution is 4.90. The summed E-state index contributed by atoms with van der Waals surface area (Å²) in [6, 6.07) is 1.64. The van der Waals surface area contributed by atoms with Crippen molar-refractivity contribution < 1.29 is 0 Å². The Bertz CT molecular complexity index is 132. The molecule has 0 aromatic heterocycles. The molecular weight excluding hydrogens is 136 g/mol. The fourth-order valence-electron chi connectivity index (χ4n) is 2.16. The van der Waals surface area contributed by atoms with Gasteiger partial charge in [0.1, 0.15) is 0 Å². The highest BCUT2D eigenvalue weighted by atomic mass is 15.2. The average molecular weight is 154 g/mol. The monoisotopic (exact) mass is 154 g/mol. The molecule has 1 atom stereocenters. The molecule has 1 aliphatic carbocycles. The number of hydrogen-bond donors (Lipinski definition) is 1. The summed E-state index contributed by atoms with van der Waals surface area (Å²) in [6.45, 7) is 2.18. The lowest BCUT2D eigenvalue weighted by atomic mass is 10.0. The van der Waals surface area contributed by atoms with Gasteiger partial charge in [-0.3, -0.25) is 4.90 Å². The third-order valence-electron chi connectivity index (χ3n) is 2.96. The van der Waals surface area contributed by atoms with Gasteiger partial charge in [0.25, 0.3) is 0 Å². The largest absolute Gasteiger partial charge is 0.329 e. The third kappa shape index (κ3) is 1.57. The number of nitrogens with zero attached hydrogens (tertiary/aromatic N) is 1. The van der Waals surface area contributed by atoms with Crippen LogP contribution >= 0.6 is 0 Å². The van der Waals surface area contributed by atoms with Crippen molar-refractivity contribution in [3.63, 3.8) is 0 Å². The molecule has 2 heteroatoms. The van der Waals surface area contributed by atoms with Crippen LogP contribution in [0, 0.1) is 0 Å². The van der Waals surface area contributed by atoms with E-state index in [9.17, 15) is 0 Å². The van der Waals surface area contributed by atoms with Crippen LogP contribution in [-0.4, -0.2) is 30.1 Å². The molecule has 1 aliphatic heterocycles. The first kappa shape index (κ1) is 7.56. The quantitative estimate of drug-likeness (QED) is 0.642. The number of rotatable bonds is 2. The fraction of sp³-hybridized carbons (Fsp3) is 1.00. The maximum absolute atomic E-state index is 5.72. The van der Waals surface area contributed by atoms with Gasteiger partial charge in [0.05, 0.1) is 0 Å². The Kier molecular flexibility index (Phi) is 2.14. The molecular formula is C9H18N2. The van der Waals surface area contributed by atoms with Crippen LogP contribution in [0.1, 0.15) is 32.1 Å². The Morgan fingerprint density at radius 2 is 2.00 bits per heavy atom. The molecule has 1 saturated carbocycles. The molecule has 0 amide bonds. The summed E-state index contributed by atoms with van der Waals surface area (Å²) in [5.41, 5.74) is 5.72. The molecule has 64 valence electrons. The molecule has 1 saturated heterocycles. The van der Waals surface area contributed by atoms with E-state index in [-0.39, 0.29) is 0 Å². The van der Waals surface area contributed by atoms with Crippen molar-refractivity contribution >= 4 is 0 Å². The second-order valence-electron chi connectivity index (χ2n) is 3.85. The second-order valence-corrected chi connectivity index (χ2v) is 3.85. The first-order chi connectivity index (χ1) is 5.42. The van der Waals surface area contributed by atoms with Gasteiger partial charge in [-0.1, -0.05) is 6.42 Å². The van der Waals surface area contributed by atoms with Gasteiger partial charge >= 0.3 is 0 Å². The van der Waals surface area contributed by atoms with Crippen molar-refractivity contribution in [2.75, 3.05) is 13.1 Å². The summed E-state index contributed by atoms with van der Waals surface area (Å²) in [6.07, 6.45) is 6.98. The summed E-state index contributed by atoms with van der Waals surface area (Å²) in [5.74, 6) is 0. The van der Waals surface area contributed by atoms with Crippen LogP contribution in [0.5, 0.6) is 0 Å². The van der Waals surface area contributed by atoms with E-state index >= 15 is 0 Å². The van der Waals surface area contributed by atoms with Crippen molar-refractivity contribution in [1.82, 2.24) is 4.90 Å². The van der Waals surface area contributed by atoms with Gasteiger partial charge < -0.3 is 5.73 Å². The van der Waals surface area contributed by atoms with Crippen LogP contribution in [0.3, 0.4) is 0 Å². The van der Waals surface area contributed by atoms with Crippen LogP contribution in [0.4, 0.5) is 0 Å². The molecule has 1 heterocycles. The van der Waals surface area contributed by atoms with Gasteiger partial charge in [-0.05, 0) is 32.2 Å². The van der Waals surface area contributed by atoms with E-state index in [0.717, 1.165) is 18.6 Å². The minimum absolute atomic E-state index is 0.719. The average Bonchev–Trinajstić information content (AvgIpc) is 2.87. The summed E-state index contributed by atoms with van der Waals surface area (Å²) >= 11 is 0. The van der Waals surface area contributed by atoms with E-state index in [1.165, 1.54) is 38.6 Å². The number of likely N-dealkylation sites (tertiary alicyclic amines) is 1. The van der Waals surface area contributed by atoms with Gasteiger partial charge in [-0.15, -0.1) is 0 Å². The molecule has 2 N–H and O–H groups in total. The maximum Gasteiger partial charge on any atom is 0.0221 e. The summed E-state index contributed by atoms with van der Waals surface area (Å²) in [4.78, 5) is 2.64. The van der Waals surface area contributed by atoms with Gasteiger partial charge in [-0.2, -0.15) is 0 Å². The van der Waals surface area contributed by atoms with Crippen molar-refractivity contribution in [3.05, 3.63) is 0 Å². The number of nitrogens with two attached hydrogens (primary N) is 1. The van der Waals surface area contributed by atoms with E-state index in [2.05, 4.69) is 4.90 Å². The van der Waals surface area contributed by atoms with Gasteiger partial charge in [0, 0.05) is 18.6 Å². The Balaban J connectivity index is 1.91. The lowest BCUT2D eigenvalue weighted by Crippen LogP contribution is -2.45. The number of hydrogen-bond acceptors (Lipinski definition) is 2. The van der Waals surface area contributed by atoms with Crippen LogP contribution in [0.25, 0.3) is 0 Å². The minimum Gasteiger partial charge on any atom is -0.329 e. The summed E-state index contributed by atoms with van der Waals surface area (Å²) in [5, 5.41) is 0. The zero-order valence-corrected chi connectivity index (χ0v) is 7.13. The summed E-state index contributed by atoms with van der Waals surface area (Å²) < 4.78 is 0. The third-order valence-corrected chi connectivity index (χ3v) is 2.96. The van der Waals surface area contributed by atoms with Crippen LogP contribution in [-0.2, 0) is 0 Å². The standard InChI is InChI=1S/C9H18N2/c10-7-9-3-1-2-6-11(9)8-4-5-8/h8-9H,1-7,10H2. The van der Waals surface area contributed by atoms with Crippen molar-refractivity contribution in [1.29, 1.82) is 0 Å². The minimum atomic E-state index is 0.719. The molecule has 1 unspecified atom stereocenters. The Hall–Kier alpha value is -0.0800. The highest BCUT2D eigenvalue weighted by Gasteiger charge is 2.34. The fourth-order valence-corrected chi connectivity index (χ4v) is 2.16. The molecule has 11 heavy (non-hydrogen) atoms. The van der Waals surface area contributed by atoms with E-state index in [0.29, 0.717) is 0 Å². The predicted molar refractivity (Wildman–Crippen MR) is 46.4 cm³/mol. The van der Waals surface area contributed by atoms with E-state index in [4.69, 9.17) is 5.73 Å². The van der Waals surface area contributed by atoms with Crippen molar-refractivity contribution in [2.24, 2.45) is 5.73 Å². The molecule has 2 rings (SSSR count). The molecule has 0 bridgehead atoms. The topological polar surface area (TPSA) is 29.3 Å². The first-order valence-electron chi connectivity index (χ1n) is 4.87. The van der Waals surface area contributed by atoms with Gasteiger partial charge in [-0.25, -0.2) is 0 Å². The summed E-state index contributed by atoms with van der Waals surface area (Å²) in [7, 11) is 0. The Morgan fingerprint density at radius 1 is 1.18 bits per heavy atom. The smallest absolute Gasteiger partial charge is 0.0221 e. The Morgan fingerprint density at radius 3 is 2.64 bits per heavy atom. The molecule has 0 aromatic rings. The lowest BCUT2D eigenvalue weighted by molar-refractivity contribution is 0.144. The second kappa shape index (κ2) is 3.11. The number of piperidine rings is 1. The zero-order valence-electron chi connectivity index (χ0n) is 7.13. The molecule has 2 aliphatic rings. The first-order valence-corrected chi connectivity index (χ1v) is 4.87. The van der Waals surface area contributed by atoms with Crippen molar-refractivity contribution in [2.45, 2.75) is 44.2 Å². The van der Waals surface area contributed by atoms with Gasteiger partial charge in [0.15, 0.2) is 0 Å². The van der Waals surface area contributed by atoms with E-state index in [1.807, 2.05) is 0 Å². The van der Waals surface area contributed by atoms with Crippen LogP contribution in [0.15, 0.2) is 0 Å². The highest BCUT2D eigenvalue weighted by Crippen LogP contribution is 2.32. The molecule has 0 aromatic carbocycles. The van der Waals surface area contributed by atoms with Crippen LogP contribution < -0.4 is 5.73 Å². The van der Waals surface area contributed by atoms with E-state index < -0.39 is 0 Å². The molecule has 0 spiro atoms. The predicted octanol–water partition coefficient (Wildman–Crippen LogP) is 0.962. The van der Waals surface area contributed by atoms with Crippen LogP contribution in [0.2, 0.25) is 0 Å². The van der Waals surface area contributed by atoms with Gasteiger partial charge in [0.2, 0.25) is 0 Å². The Labute approximate surface area is 68.7 Å². The molecule has 0 radical (unpaired) electrons. The van der Waals surface area contributed by atoms with E-state index in [1.54, 1.807) is 0 Å². The molecule has 2 nitrogen and oxygen atoms in total. The zero-order chi connectivity index (χ0) is 7.68. The normalized spacial score (nSPS) is 34.1. The SMILES string of the molecule is NCC1CCCCN1C1CC1. The molecule has 2 fully saturated rings. The van der Waals surface area contributed by atoms with Crippen molar-refractivity contribution in [3.8, 4) is 0 Å². The maximum atomic E-state index is 5.72. The lowest BCUT2D eigenvalue weighted by Gasteiger charge is -2.35.